The highest BCUT2D eigenvalue weighted by atomic mass is 15.0. The van der Waals surface area contributed by atoms with Crippen LogP contribution in [-0.2, 0) is 6.42 Å². The minimum atomic E-state index is 0.677. The van der Waals surface area contributed by atoms with Crippen LogP contribution in [0.15, 0.2) is 0 Å². The van der Waals surface area contributed by atoms with Crippen molar-refractivity contribution < 1.29 is 0 Å². The van der Waals surface area contributed by atoms with Gasteiger partial charge in [-0.15, -0.1) is 0 Å². The van der Waals surface area contributed by atoms with Crippen molar-refractivity contribution in [2.45, 2.75) is 52.4 Å². The van der Waals surface area contributed by atoms with E-state index in [0.29, 0.717) is 5.82 Å². The van der Waals surface area contributed by atoms with Gasteiger partial charge in [0.05, 0.1) is 0 Å². The summed E-state index contributed by atoms with van der Waals surface area (Å²) >= 11 is 0. The molecule has 0 unspecified atom stereocenters. The van der Waals surface area contributed by atoms with Crippen LogP contribution in [0.3, 0.4) is 0 Å². The second-order valence-electron chi connectivity index (χ2n) is 7.53. The van der Waals surface area contributed by atoms with Crippen LogP contribution in [0.25, 0.3) is 0 Å². The lowest BCUT2D eigenvalue weighted by molar-refractivity contribution is -0.0367. The number of nitrogen functional groups attached to an aromatic ring is 1. The van der Waals surface area contributed by atoms with Gasteiger partial charge >= 0.3 is 0 Å². The molecule has 1 aromatic rings. The minimum Gasteiger partial charge on any atom is -0.383 e. The summed E-state index contributed by atoms with van der Waals surface area (Å²) in [5.74, 6) is 6.46. The first-order valence-electron chi connectivity index (χ1n) is 8.19. The van der Waals surface area contributed by atoms with Crippen LogP contribution in [0.1, 0.15) is 49.2 Å². The van der Waals surface area contributed by atoms with Gasteiger partial charge in [0, 0.05) is 17.7 Å². The third-order valence-corrected chi connectivity index (χ3v) is 6.31. The molecular weight excluding hydrogens is 246 g/mol. The Morgan fingerprint density at radius 2 is 1.55 bits per heavy atom. The topological polar surface area (TPSA) is 51.8 Å². The predicted octanol–water partition coefficient (Wildman–Crippen LogP) is 3.29. The first-order chi connectivity index (χ1) is 9.60. The molecule has 0 saturated heterocycles. The largest absolute Gasteiger partial charge is 0.383 e. The fourth-order valence-electron chi connectivity index (χ4n) is 5.38. The molecule has 0 aromatic carbocycles. The Balaban J connectivity index is 1.57. The molecule has 2 N–H and O–H groups in total. The zero-order valence-electron chi connectivity index (χ0n) is 12.6. The smallest absolute Gasteiger partial charge is 0.131 e. The van der Waals surface area contributed by atoms with Crippen molar-refractivity contribution in [2.24, 2.45) is 29.6 Å². The SMILES string of the molecule is Cc1nc(CC2C3CC4CC(C3)CC2C4)nc(N)c1C. The molecule has 4 saturated carbocycles. The summed E-state index contributed by atoms with van der Waals surface area (Å²) < 4.78 is 0. The average Bonchev–Trinajstić information content (AvgIpc) is 2.39. The molecule has 4 fully saturated rings. The Kier molecular flexibility index (Phi) is 2.80. The summed E-state index contributed by atoms with van der Waals surface area (Å²) in [7, 11) is 0. The average molecular weight is 271 g/mol. The lowest BCUT2D eigenvalue weighted by atomic mass is 9.51. The van der Waals surface area contributed by atoms with Gasteiger partial charge in [0.1, 0.15) is 11.6 Å². The van der Waals surface area contributed by atoms with Gasteiger partial charge in [-0.3, -0.25) is 0 Å². The van der Waals surface area contributed by atoms with Crippen molar-refractivity contribution >= 4 is 5.82 Å². The van der Waals surface area contributed by atoms with E-state index in [4.69, 9.17) is 10.7 Å². The van der Waals surface area contributed by atoms with Crippen molar-refractivity contribution in [3.05, 3.63) is 17.1 Å². The Hall–Kier alpha value is -1.12. The van der Waals surface area contributed by atoms with E-state index in [-0.39, 0.29) is 0 Å². The Bertz CT molecular complexity index is 486. The van der Waals surface area contributed by atoms with E-state index in [0.717, 1.165) is 53.1 Å². The van der Waals surface area contributed by atoms with Crippen LogP contribution in [0.2, 0.25) is 0 Å². The lowest BCUT2D eigenvalue weighted by Gasteiger charge is -2.54. The second-order valence-corrected chi connectivity index (χ2v) is 7.53. The van der Waals surface area contributed by atoms with Gasteiger partial charge < -0.3 is 5.73 Å². The molecule has 1 heterocycles. The summed E-state index contributed by atoms with van der Waals surface area (Å²) in [6.45, 7) is 4.06. The third kappa shape index (κ3) is 1.94. The molecule has 0 aliphatic heterocycles. The molecule has 5 rings (SSSR count). The Morgan fingerprint density at radius 3 is 2.10 bits per heavy atom. The van der Waals surface area contributed by atoms with Crippen molar-refractivity contribution in [3.8, 4) is 0 Å². The molecule has 4 aliphatic carbocycles. The van der Waals surface area contributed by atoms with Crippen molar-refractivity contribution in [2.75, 3.05) is 5.73 Å². The molecule has 0 radical (unpaired) electrons. The number of anilines is 1. The third-order valence-electron chi connectivity index (χ3n) is 6.31. The van der Waals surface area contributed by atoms with Crippen LogP contribution in [0, 0.1) is 43.4 Å². The first-order valence-corrected chi connectivity index (χ1v) is 8.19. The quantitative estimate of drug-likeness (QED) is 0.898. The Morgan fingerprint density at radius 1 is 0.950 bits per heavy atom. The molecular formula is C17H25N3. The summed E-state index contributed by atoms with van der Waals surface area (Å²) in [5.41, 5.74) is 8.11. The number of aryl methyl sites for hydroxylation is 1. The van der Waals surface area contributed by atoms with Crippen molar-refractivity contribution in [3.63, 3.8) is 0 Å². The standard InChI is InChI=1S/C17H25N3/c1-9-10(2)19-16(20-17(9)18)8-15-13-4-11-3-12(6-13)7-14(15)5-11/h11-15H,3-8H2,1-2H3,(H2,18,19,20). The maximum Gasteiger partial charge on any atom is 0.131 e. The monoisotopic (exact) mass is 271 g/mol. The number of hydrogen-bond acceptors (Lipinski definition) is 3. The van der Waals surface area contributed by atoms with E-state index in [1.54, 1.807) is 0 Å². The molecule has 3 heteroatoms. The van der Waals surface area contributed by atoms with Crippen LogP contribution in [0.5, 0.6) is 0 Å². The van der Waals surface area contributed by atoms with Gasteiger partial charge in [-0.2, -0.15) is 0 Å². The van der Waals surface area contributed by atoms with Crippen molar-refractivity contribution in [1.29, 1.82) is 0 Å². The number of hydrogen-bond donors (Lipinski definition) is 1. The molecule has 0 spiro atoms. The normalized spacial score (nSPS) is 38.4. The summed E-state index contributed by atoms with van der Waals surface area (Å²) in [4.78, 5) is 9.25. The number of nitrogens with two attached hydrogens (primary N) is 1. The zero-order valence-corrected chi connectivity index (χ0v) is 12.6. The molecule has 108 valence electrons. The van der Waals surface area contributed by atoms with E-state index < -0.39 is 0 Å². The van der Waals surface area contributed by atoms with Crippen molar-refractivity contribution in [1.82, 2.24) is 9.97 Å². The van der Waals surface area contributed by atoms with Crippen LogP contribution in [0.4, 0.5) is 5.82 Å². The highest BCUT2D eigenvalue weighted by Gasteiger charge is 2.48. The molecule has 3 nitrogen and oxygen atoms in total. The Labute approximate surface area is 121 Å². The maximum atomic E-state index is 6.02. The minimum absolute atomic E-state index is 0.677. The maximum absolute atomic E-state index is 6.02. The van der Waals surface area contributed by atoms with Crippen LogP contribution >= 0.6 is 0 Å². The highest BCUT2D eigenvalue weighted by molar-refractivity contribution is 5.40. The summed E-state index contributed by atoms with van der Waals surface area (Å²) in [6.07, 6.45) is 8.46. The number of rotatable bonds is 2. The van der Waals surface area contributed by atoms with Crippen LogP contribution < -0.4 is 5.73 Å². The first kappa shape index (κ1) is 12.6. The van der Waals surface area contributed by atoms with Crippen LogP contribution in [-0.4, -0.2) is 9.97 Å². The van der Waals surface area contributed by atoms with Gasteiger partial charge in [-0.1, -0.05) is 0 Å². The van der Waals surface area contributed by atoms with E-state index in [1.165, 1.54) is 32.1 Å². The second kappa shape index (κ2) is 4.44. The summed E-state index contributed by atoms with van der Waals surface area (Å²) in [5, 5.41) is 0. The van der Waals surface area contributed by atoms with Gasteiger partial charge in [-0.25, -0.2) is 9.97 Å². The van der Waals surface area contributed by atoms with Gasteiger partial charge in [0.2, 0.25) is 0 Å². The van der Waals surface area contributed by atoms with Gasteiger partial charge in [-0.05, 0) is 75.5 Å². The molecule has 20 heavy (non-hydrogen) atoms. The molecule has 0 amide bonds. The number of aromatic nitrogens is 2. The van der Waals surface area contributed by atoms with Gasteiger partial charge in [0.25, 0.3) is 0 Å². The predicted molar refractivity (Wildman–Crippen MR) is 80.2 cm³/mol. The zero-order chi connectivity index (χ0) is 13.9. The lowest BCUT2D eigenvalue weighted by Crippen LogP contribution is -2.45. The fraction of sp³-hybridized carbons (Fsp3) is 0.765. The van der Waals surface area contributed by atoms with E-state index in [2.05, 4.69) is 4.98 Å². The molecule has 1 aromatic heterocycles. The highest BCUT2D eigenvalue weighted by Crippen LogP contribution is 2.57. The van der Waals surface area contributed by atoms with E-state index >= 15 is 0 Å². The number of nitrogens with zero attached hydrogens (tertiary/aromatic N) is 2. The molecule has 4 bridgehead atoms. The van der Waals surface area contributed by atoms with E-state index in [9.17, 15) is 0 Å². The fourth-order valence-corrected chi connectivity index (χ4v) is 5.38. The molecule has 0 atom stereocenters. The summed E-state index contributed by atoms with van der Waals surface area (Å²) in [6, 6.07) is 0. The van der Waals surface area contributed by atoms with E-state index in [1.807, 2.05) is 13.8 Å². The molecule has 4 aliphatic rings. The van der Waals surface area contributed by atoms with Gasteiger partial charge in [0.15, 0.2) is 0 Å².